The van der Waals surface area contributed by atoms with Gasteiger partial charge >= 0.3 is 0 Å². The monoisotopic (exact) mass is 238 g/mol. The summed E-state index contributed by atoms with van der Waals surface area (Å²) in [6, 6.07) is 3.87. The van der Waals surface area contributed by atoms with E-state index in [9.17, 15) is 4.79 Å². The molecule has 0 radical (unpaired) electrons. The molecule has 2 nitrogen and oxygen atoms in total. The Balaban J connectivity index is 3.19. The van der Waals surface area contributed by atoms with Gasteiger partial charge in [-0.2, -0.15) is 0 Å². The Kier molecular flexibility index (Phi) is 4.56. The summed E-state index contributed by atoms with van der Waals surface area (Å²) in [6.45, 7) is 6.48. The van der Waals surface area contributed by atoms with Crippen LogP contribution in [-0.4, -0.2) is 12.9 Å². The second-order valence-electron chi connectivity index (χ2n) is 3.52. The lowest BCUT2D eigenvalue weighted by Crippen LogP contribution is -1.96. The smallest absolute Gasteiger partial charge is 0.144 e. The third-order valence-electron chi connectivity index (χ3n) is 2.29. The molecular weight excluding hydrogens is 224 g/mol. The molecule has 0 unspecified atom stereocenters. The zero-order valence-electron chi connectivity index (χ0n) is 9.71. The molecular formula is C13H15ClO2. The fourth-order valence-electron chi connectivity index (χ4n) is 1.51. The molecule has 0 bridgehead atoms. The Morgan fingerprint density at radius 1 is 1.38 bits per heavy atom. The van der Waals surface area contributed by atoms with E-state index in [0.717, 1.165) is 22.4 Å². The predicted octanol–water partition coefficient (Wildman–Crippen LogP) is 3.48. The van der Waals surface area contributed by atoms with Gasteiger partial charge in [-0.15, -0.1) is 0 Å². The molecule has 0 N–H and O–H groups in total. The van der Waals surface area contributed by atoms with Crippen molar-refractivity contribution in [2.45, 2.75) is 20.8 Å². The molecule has 0 saturated carbocycles. The van der Waals surface area contributed by atoms with Gasteiger partial charge in [0.15, 0.2) is 0 Å². The molecule has 0 spiro atoms. The molecule has 0 aromatic heterocycles. The Hall–Kier alpha value is -1.28. The molecule has 0 heterocycles. The Morgan fingerprint density at radius 3 is 2.62 bits per heavy atom. The minimum Gasteiger partial charge on any atom is -0.494 e. The summed E-state index contributed by atoms with van der Waals surface area (Å²) in [5, 5.41) is 0.457. The van der Waals surface area contributed by atoms with Crippen molar-refractivity contribution in [3.63, 3.8) is 0 Å². The first-order valence-electron chi connectivity index (χ1n) is 5.15. The zero-order chi connectivity index (χ0) is 12.1. The number of allylic oxidation sites excluding steroid dienone is 1. The number of aryl methyl sites for hydroxylation is 2. The van der Waals surface area contributed by atoms with Gasteiger partial charge in [-0.25, -0.2) is 0 Å². The maximum atomic E-state index is 10.4. The number of rotatable bonds is 4. The fourth-order valence-corrected chi connectivity index (χ4v) is 1.76. The number of aldehydes is 1. The quantitative estimate of drug-likeness (QED) is 0.593. The van der Waals surface area contributed by atoms with E-state index < -0.39 is 0 Å². The van der Waals surface area contributed by atoms with Crippen LogP contribution in [0.3, 0.4) is 0 Å². The second kappa shape index (κ2) is 5.71. The lowest BCUT2D eigenvalue weighted by molar-refractivity contribution is -0.104. The number of ether oxygens (including phenoxy) is 1. The highest BCUT2D eigenvalue weighted by atomic mass is 35.5. The molecule has 3 heteroatoms. The summed E-state index contributed by atoms with van der Waals surface area (Å²) in [5.74, 6) is 0.860. The molecule has 0 fully saturated rings. The van der Waals surface area contributed by atoms with Crippen molar-refractivity contribution >= 4 is 22.9 Å². The van der Waals surface area contributed by atoms with Crippen molar-refractivity contribution in [3.8, 4) is 5.75 Å². The van der Waals surface area contributed by atoms with Gasteiger partial charge in [-0.05, 0) is 55.7 Å². The fraction of sp³-hybridized carbons (Fsp3) is 0.308. The van der Waals surface area contributed by atoms with Gasteiger partial charge < -0.3 is 4.74 Å². The van der Waals surface area contributed by atoms with E-state index in [2.05, 4.69) is 0 Å². The molecule has 16 heavy (non-hydrogen) atoms. The number of hydrogen-bond donors (Lipinski definition) is 0. The zero-order valence-corrected chi connectivity index (χ0v) is 10.5. The topological polar surface area (TPSA) is 26.3 Å². The first-order valence-corrected chi connectivity index (χ1v) is 5.53. The average Bonchev–Trinajstić information content (AvgIpc) is 2.23. The van der Waals surface area contributed by atoms with E-state index in [0.29, 0.717) is 17.9 Å². The maximum absolute atomic E-state index is 10.4. The highest BCUT2D eigenvalue weighted by Crippen LogP contribution is 2.29. The van der Waals surface area contributed by atoms with Crippen LogP contribution in [0.5, 0.6) is 5.75 Å². The van der Waals surface area contributed by atoms with Crippen LogP contribution in [0.1, 0.15) is 23.6 Å². The molecule has 0 aliphatic heterocycles. The third kappa shape index (κ3) is 2.86. The van der Waals surface area contributed by atoms with Gasteiger partial charge in [0.05, 0.1) is 11.6 Å². The van der Waals surface area contributed by atoms with Crippen LogP contribution in [0.4, 0.5) is 0 Å². The third-order valence-corrected chi connectivity index (χ3v) is 2.62. The summed E-state index contributed by atoms with van der Waals surface area (Å²) >= 11 is 6.00. The molecule has 86 valence electrons. The first-order chi connectivity index (χ1) is 7.60. The number of halogens is 1. The van der Waals surface area contributed by atoms with E-state index in [-0.39, 0.29) is 0 Å². The molecule has 1 aromatic carbocycles. The van der Waals surface area contributed by atoms with Gasteiger partial charge in [0.2, 0.25) is 0 Å². The van der Waals surface area contributed by atoms with E-state index >= 15 is 0 Å². The van der Waals surface area contributed by atoms with Crippen molar-refractivity contribution in [3.05, 3.63) is 34.9 Å². The van der Waals surface area contributed by atoms with Crippen LogP contribution in [0.15, 0.2) is 18.2 Å². The highest BCUT2D eigenvalue weighted by molar-refractivity contribution is 6.49. The minimum absolute atomic E-state index is 0.457. The van der Waals surface area contributed by atoms with Crippen LogP contribution < -0.4 is 4.74 Å². The van der Waals surface area contributed by atoms with Gasteiger partial charge in [0, 0.05) is 0 Å². The molecule has 0 aliphatic carbocycles. The summed E-state index contributed by atoms with van der Waals surface area (Å²) in [5.41, 5.74) is 2.88. The number of carbonyl (C=O) groups is 1. The van der Waals surface area contributed by atoms with Gasteiger partial charge in [0.1, 0.15) is 12.0 Å². The maximum Gasteiger partial charge on any atom is 0.144 e. The number of benzene rings is 1. The second-order valence-corrected chi connectivity index (χ2v) is 3.92. The van der Waals surface area contributed by atoms with Crippen molar-refractivity contribution in [2.75, 3.05) is 6.61 Å². The lowest BCUT2D eigenvalue weighted by atomic mass is 10.0. The summed E-state index contributed by atoms with van der Waals surface area (Å²) in [4.78, 5) is 10.4. The molecule has 0 atom stereocenters. The van der Waals surface area contributed by atoms with Crippen LogP contribution in [0.25, 0.3) is 5.03 Å². The molecule has 0 saturated heterocycles. The van der Waals surface area contributed by atoms with Crippen LogP contribution in [0, 0.1) is 13.8 Å². The molecule has 1 rings (SSSR count). The lowest BCUT2D eigenvalue weighted by Gasteiger charge is -2.11. The highest BCUT2D eigenvalue weighted by Gasteiger charge is 2.07. The van der Waals surface area contributed by atoms with Crippen LogP contribution >= 0.6 is 11.6 Å². The van der Waals surface area contributed by atoms with Gasteiger partial charge in [-0.1, -0.05) is 11.6 Å². The largest absolute Gasteiger partial charge is 0.494 e. The predicted molar refractivity (Wildman–Crippen MR) is 67.0 cm³/mol. The summed E-state index contributed by atoms with van der Waals surface area (Å²) in [6.07, 6.45) is 2.04. The van der Waals surface area contributed by atoms with Crippen molar-refractivity contribution in [1.29, 1.82) is 0 Å². The van der Waals surface area contributed by atoms with E-state index in [1.54, 1.807) is 0 Å². The normalized spacial score (nSPS) is 11.4. The summed E-state index contributed by atoms with van der Waals surface area (Å²) < 4.78 is 5.48. The van der Waals surface area contributed by atoms with Gasteiger partial charge in [-0.3, -0.25) is 4.79 Å². The Morgan fingerprint density at radius 2 is 2.06 bits per heavy atom. The van der Waals surface area contributed by atoms with Crippen LogP contribution in [-0.2, 0) is 4.79 Å². The first kappa shape index (κ1) is 12.8. The molecule has 1 aromatic rings. The van der Waals surface area contributed by atoms with E-state index in [1.807, 2.05) is 32.9 Å². The van der Waals surface area contributed by atoms with Crippen molar-refractivity contribution in [1.82, 2.24) is 0 Å². The SMILES string of the molecule is CCOc1cc(C)c(/C(Cl)=C/C=O)cc1C. The molecule has 0 aliphatic rings. The number of hydrogen-bond acceptors (Lipinski definition) is 2. The molecule has 0 amide bonds. The number of carbonyl (C=O) groups excluding carboxylic acids is 1. The van der Waals surface area contributed by atoms with Crippen molar-refractivity contribution < 1.29 is 9.53 Å². The van der Waals surface area contributed by atoms with Crippen molar-refractivity contribution in [2.24, 2.45) is 0 Å². The Bertz CT molecular complexity index is 422. The summed E-state index contributed by atoms with van der Waals surface area (Å²) in [7, 11) is 0. The van der Waals surface area contributed by atoms with E-state index in [1.165, 1.54) is 6.08 Å². The Labute approximate surface area is 101 Å². The van der Waals surface area contributed by atoms with Gasteiger partial charge in [0.25, 0.3) is 0 Å². The standard InChI is InChI=1S/C13H15ClO2/c1-4-16-13-8-9(2)11(7-10(13)3)12(14)5-6-15/h5-8H,4H2,1-3H3/b12-5-. The van der Waals surface area contributed by atoms with Crippen LogP contribution in [0.2, 0.25) is 0 Å². The van der Waals surface area contributed by atoms with E-state index in [4.69, 9.17) is 16.3 Å². The average molecular weight is 239 g/mol. The minimum atomic E-state index is 0.457.